The summed E-state index contributed by atoms with van der Waals surface area (Å²) in [6.45, 7) is 0. The minimum Gasteiger partial charge on any atom is -0.148 e. The van der Waals surface area contributed by atoms with Crippen molar-refractivity contribution in [3.8, 4) is 0 Å². The predicted molar refractivity (Wildman–Crippen MR) is 81.6 cm³/mol. The van der Waals surface area contributed by atoms with Gasteiger partial charge in [0.15, 0.2) is 0 Å². The lowest BCUT2D eigenvalue weighted by Gasteiger charge is -2.22. The SMILES string of the molecule is BrCC(CBr)C(c1cccs1)c1cccs1. The Morgan fingerprint density at radius 3 is 1.75 bits per heavy atom. The molecule has 0 amide bonds. The van der Waals surface area contributed by atoms with E-state index in [1.165, 1.54) is 9.75 Å². The first kappa shape index (κ1) is 12.8. The van der Waals surface area contributed by atoms with Gasteiger partial charge in [0.2, 0.25) is 0 Å². The molecule has 0 radical (unpaired) electrons. The predicted octanol–water partition coefficient (Wildman–Crippen LogP) is 5.35. The van der Waals surface area contributed by atoms with E-state index >= 15 is 0 Å². The molecule has 0 bridgehead atoms. The highest BCUT2D eigenvalue weighted by molar-refractivity contribution is 9.09. The number of rotatable bonds is 5. The van der Waals surface area contributed by atoms with Crippen LogP contribution in [0.4, 0.5) is 0 Å². The van der Waals surface area contributed by atoms with E-state index in [1.54, 1.807) is 0 Å². The number of halogens is 2. The summed E-state index contributed by atoms with van der Waals surface area (Å²) < 4.78 is 0. The lowest BCUT2D eigenvalue weighted by molar-refractivity contribution is 0.605. The summed E-state index contributed by atoms with van der Waals surface area (Å²) in [6.07, 6.45) is 0. The summed E-state index contributed by atoms with van der Waals surface area (Å²) in [6, 6.07) is 8.76. The second kappa shape index (κ2) is 6.34. The van der Waals surface area contributed by atoms with Gasteiger partial charge in [-0.3, -0.25) is 0 Å². The highest BCUT2D eigenvalue weighted by Crippen LogP contribution is 2.38. The molecule has 0 saturated heterocycles. The maximum Gasteiger partial charge on any atom is 0.0322 e. The van der Waals surface area contributed by atoms with Gasteiger partial charge < -0.3 is 0 Å². The van der Waals surface area contributed by atoms with Crippen LogP contribution in [0, 0.1) is 5.92 Å². The average molecular weight is 380 g/mol. The fourth-order valence-corrected chi connectivity index (χ4v) is 5.53. The molecule has 0 aliphatic rings. The van der Waals surface area contributed by atoms with E-state index in [2.05, 4.69) is 66.9 Å². The molecule has 4 heteroatoms. The van der Waals surface area contributed by atoms with Crippen molar-refractivity contribution in [1.29, 1.82) is 0 Å². The Morgan fingerprint density at radius 1 is 0.938 bits per heavy atom. The quantitative estimate of drug-likeness (QED) is 0.614. The van der Waals surface area contributed by atoms with Crippen LogP contribution >= 0.6 is 54.5 Å². The molecule has 0 aliphatic carbocycles. The van der Waals surface area contributed by atoms with E-state index in [1.807, 2.05) is 22.7 Å². The minimum atomic E-state index is 0.527. The van der Waals surface area contributed by atoms with Gasteiger partial charge >= 0.3 is 0 Å². The second-order valence-electron chi connectivity index (χ2n) is 3.58. The highest BCUT2D eigenvalue weighted by Gasteiger charge is 2.24. The first-order valence-corrected chi connectivity index (χ1v) is 9.05. The van der Waals surface area contributed by atoms with E-state index in [9.17, 15) is 0 Å². The first-order valence-electron chi connectivity index (χ1n) is 5.05. The van der Waals surface area contributed by atoms with Crippen LogP contribution in [0.25, 0.3) is 0 Å². The van der Waals surface area contributed by atoms with Crippen LogP contribution < -0.4 is 0 Å². The molecule has 0 saturated carbocycles. The Morgan fingerprint density at radius 2 is 1.44 bits per heavy atom. The smallest absolute Gasteiger partial charge is 0.0322 e. The zero-order chi connectivity index (χ0) is 11.4. The topological polar surface area (TPSA) is 0 Å². The molecule has 0 aliphatic heterocycles. The summed E-state index contributed by atoms with van der Waals surface area (Å²) in [5, 5.41) is 6.38. The molecule has 2 heterocycles. The normalized spacial score (nSPS) is 11.5. The fraction of sp³-hybridized carbons (Fsp3) is 0.333. The summed E-state index contributed by atoms with van der Waals surface area (Å²) in [4.78, 5) is 2.93. The molecule has 16 heavy (non-hydrogen) atoms. The standard InChI is InChI=1S/C12H12Br2S2/c13-7-9(8-14)12(10-3-1-5-15-10)11-4-2-6-16-11/h1-6,9,12H,7-8H2. The Kier molecular flexibility index (Phi) is 5.07. The lowest BCUT2D eigenvalue weighted by atomic mass is 9.92. The molecule has 0 atom stereocenters. The summed E-state index contributed by atoms with van der Waals surface area (Å²) in [5.41, 5.74) is 0. The Balaban J connectivity index is 2.34. The number of hydrogen-bond acceptors (Lipinski definition) is 2. The van der Waals surface area contributed by atoms with Gasteiger partial charge in [0, 0.05) is 26.3 Å². The van der Waals surface area contributed by atoms with E-state index < -0.39 is 0 Å². The monoisotopic (exact) mass is 378 g/mol. The van der Waals surface area contributed by atoms with Crippen LogP contribution in [0.1, 0.15) is 15.7 Å². The average Bonchev–Trinajstić information content (AvgIpc) is 2.98. The van der Waals surface area contributed by atoms with E-state index in [0.717, 1.165) is 10.7 Å². The van der Waals surface area contributed by atoms with E-state index in [-0.39, 0.29) is 0 Å². The first-order chi connectivity index (χ1) is 7.86. The largest absolute Gasteiger partial charge is 0.148 e. The van der Waals surface area contributed by atoms with E-state index in [0.29, 0.717) is 11.8 Å². The molecule has 0 nitrogen and oxygen atoms in total. The second-order valence-corrected chi connectivity index (χ2v) is 6.83. The van der Waals surface area contributed by atoms with Gasteiger partial charge in [-0.1, -0.05) is 44.0 Å². The zero-order valence-electron chi connectivity index (χ0n) is 8.61. The summed E-state index contributed by atoms with van der Waals surface area (Å²) in [5.74, 6) is 1.14. The van der Waals surface area contributed by atoms with Gasteiger partial charge in [0.25, 0.3) is 0 Å². The molecule has 0 spiro atoms. The third-order valence-electron chi connectivity index (χ3n) is 2.57. The van der Waals surface area contributed by atoms with Gasteiger partial charge in [-0.15, -0.1) is 22.7 Å². The maximum absolute atomic E-state index is 3.63. The molecular weight excluding hydrogens is 368 g/mol. The molecule has 0 unspecified atom stereocenters. The van der Waals surface area contributed by atoms with Crippen LogP contribution in [0.3, 0.4) is 0 Å². The van der Waals surface area contributed by atoms with Crippen molar-refractivity contribution in [2.75, 3.05) is 10.7 Å². The molecule has 0 fully saturated rings. The van der Waals surface area contributed by atoms with Crippen LogP contribution in [0.15, 0.2) is 35.0 Å². The molecule has 0 aromatic carbocycles. The van der Waals surface area contributed by atoms with Crippen molar-refractivity contribution in [2.24, 2.45) is 5.92 Å². The van der Waals surface area contributed by atoms with Gasteiger partial charge in [-0.2, -0.15) is 0 Å². The van der Waals surface area contributed by atoms with E-state index in [4.69, 9.17) is 0 Å². The fourth-order valence-electron chi connectivity index (χ4n) is 1.76. The third-order valence-corrected chi connectivity index (χ3v) is 6.14. The molecule has 2 rings (SSSR count). The van der Waals surface area contributed by atoms with Gasteiger partial charge in [-0.05, 0) is 28.8 Å². The van der Waals surface area contributed by atoms with Crippen molar-refractivity contribution in [2.45, 2.75) is 5.92 Å². The van der Waals surface area contributed by atoms with Crippen LogP contribution in [0.5, 0.6) is 0 Å². The molecule has 2 aromatic heterocycles. The summed E-state index contributed by atoms with van der Waals surface area (Å²) in [7, 11) is 0. The summed E-state index contributed by atoms with van der Waals surface area (Å²) >= 11 is 11.0. The van der Waals surface area contributed by atoms with Crippen molar-refractivity contribution in [1.82, 2.24) is 0 Å². The van der Waals surface area contributed by atoms with Crippen molar-refractivity contribution in [3.63, 3.8) is 0 Å². The molecular formula is C12H12Br2S2. The minimum absolute atomic E-state index is 0.527. The number of alkyl halides is 2. The van der Waals surface area contributed by atoms with Crippen molar-refractivity contribution in [3.05, 3.63) is 44.8 Å². The van der Waals surface area contributed by atoms with Crippen LogP contribution in [-0.4, -0.2) is 10.7 Å². The van der Waals surface area contributed by atoms with Gasteiger partial charge in [0.1, 0.15) is 0 Å². The molecule has 2 aromatic rings. The zero-order valence-corrected chi connectivity index (χ0v) is 13.4. The Labute approximate surface area is 121 Å². The van der Waals surface area contributed by atoms with Gasteiger partial charge in [-0.25, -0.2) is 0 Å². The van der Waals surface area contributed by atoms with Crippen molar-refractivity contribution >= 4 is 54.5 Å². The maximum atomic E-state index is 3.63. The number of hydrogen-bond donors (Lipinski definition) is 0. The van der Waals surface area contributed by atoms with Crippen LogP contribution in [0.2, 0.25) is 0 Å². The van der Waals surface area contributed by atoms with Crippen LogP contribution in [-0.2, 0) is 0 Å². The number of thiophene rings is 2. The molecule has 86 valence electrons. The third kappa shape index (κ3) is 2.78. The molecule has 0 N–H and O–H groups in total. The highest BCUT2D eigenvalue weighted by atomic mass is 79.9. The van der Waals surface area contributed by atoms with Gasteiger partial charge in [0.05, 0.1) is 0 Å². The Hall–Kier alpha value is 0.360. The Bertz CT molecular complexity index is 356. The lowest BCUT2D eigenvalue weighted by Crippen LogP contribution is -2.15. The van der Waals surface area contributed by atoms with Crippen molar-refractivity contribution < 1.29 is 0 Å².